The lowest BCUT2D eigenvalue weighted by atomic mass is 9.82. The molecule has 1 fully saturated rings. The minimum absolute atomic E-state index is 0.0748. The highest BCUT2D eigenvalue weighted by atomic mass is 28.3. The van der Waals surface area contributed by atoms with Crippen LogP contribution < -0.4 is 25.5 Å². The second-order valence-corrected chi connectivity index (χ2v) is 22.6. The predicted molar refractivity (Wildman–Crippen MR) is 262 cm³/mol. The zero-order chi connectivity index (χ0) is 46.7. The van der Waals surface area contributed by atoms with Crippen molar-refractivity contribution in [1.82, 2.24) is 15.0 Å². The highest BCUT2D eigenvalue weighted by Gasteiger charge is 2.66. The maximum atomic E-state index is 15.8. The Morgan fingerprint density at radius 2 is 1.43 bits per heavy atom. The molecule has 13 heteroatoms. The molecule has 1 spiro atoms. The highest BCUT2D eigenvalue weighted by molar-refractivity contribution is 6.91. The van der Waals surface area contributed by atoms with Gasteiger partial charge >= 0.3 is 0 Å². The number of ether oxygens (including phenoxy) is 2. The molecule has 2 aliphatic rings. The van der Waals surface area contributed by atoms with E-state index in [1.165, 1.54) is 5.19 Å². The number of nitrogens with zero attached hydrogens (tertiary/aromatic N) is 4. The minimum Gasteiger partial charge on any atom is -0.497 e. The van der Waals surface area contributed by atoms with Crippen molar-refractivity contribution >= 4 is 48.0 Å². The lowest BCUT2D eigenvalue weighted by Gasteiger charge is -2.37. The van der Waals surface area contributed by atoms with Gasteiger partial charge in [0.15, 0.2) is 5.60 Å². The maximum absolute atomic E-state index is 15.8. The van der Waals surface area contributed by atoms with E-state index in [1.54, 1.807) is 41.0 Å². The lowest BCUT2D eigenvalue weighted by molar-refractivity contribution is -0.146. The quantitative estimate of drug-likeness (QED) is 0.0866. The highest BCUT2D eigenvalue weighted by Crippen LogP contribution is 2.60. The predicted octanol–water partition coefficient (Wildman–Crippen LogP) is 8.77. The van der Waals surface area contributed by atoms with Crippen LogP contribution in [0.5, 0.6) is 5.75 Å². The molecule has 3 N–H and O–H groups in total. The molecule has 67 heavy (non-hydrogen) atoms. The number of hydrogen-bond donors (Lipinski definition) is 3. The normalized spacial score (nSPS) is 19.3. The van der Waals surface area contributed by atoms with Gasteiger partial charge in [0.1, 0.15) is 5.75 Å². The first kappa shape index (κ1) is 45.0. The lowest BCUT2D eigenvalue weighted by Crippen LogP contribution is -2.51. The third kappa shape index (κ3) is 8.81. The molecule has 6 aromatic carbocycles. The Morgan fingerprint density at radius 3 is 2.06 bits per heavy atom. The van der Waals surface area contributed by atoms with Gasteiger partial charge in [0.05, 0.1) is 51.7 Å². The van der Waals surface area contributed by atoms with Crippen LogP contribution in [0.25, 0.3) is 0 Å². The van der Waals surface area contributed by atoms with Gasteiger partial charge in [0, 0.05) is 46.7 Å². The number of fused-ring (bicyclic) bond motifs is 2. The third-order valence-corrected chi connectivity index (χ3v) is 18.0. The van der Waals surface area contributed by atoms with Crippen molar-refractivity contribution in [2.45, 2.75) is 62.7 Å². The van der Waals surface area contributed by atoms with Crippen LogP contribution in [-0.4, -0.2) is 65.7 Å². The molecule has 0 saturated carbocycles. The van der Waals surface area contributed by atoms with Crippen LogP contribution in [0.3, 0.4) is 0 Å². The largest absolute Gasteiger partial charge is 0.497 e. The number of methoxy groups -OCH3 is 1. The van der Waals surface area contributed by atoms with Crippen LogP contribution in [-0.2, 0) is 28.2 Å². The Balaban J connectivity index is 1.09. The summed E-state index contributed by atoms with van der Waals surface area (Å²) in [5.74, 6) is -0.574. The van der Waals surface area contributed by atoms with Crippen molar-refractivity contribution in [2.75, 3.05) is 29.3 Å². The molecular formula is C54H54N6O6Si. The van der Waals surface area contributed by atoms with Crippen molar-refractivity contribution in [2.24, 2.45) is 5.92 Å². The first-order valence-corrected chi connectivity index (χ1v) is 25.7. The summed E-state index contributed by atoms with van der Waals surface area (Å²) in [4.78, 5) is 44.3. The Bertz CT molecular complexity index is 2880. The summed E-state index contributed by atoms with van der Waals surface area (Å²) in [6.07, 6.45) is 2.01. The second-order valence-electron chi connectivity index (χ2n) is 18.0. The van der Waals surface area contributed by atoms with Crippen LogP contribution >= 0.6 is 0 Å². The fourth-order valence-corrected chi connectivity index (χ4v) is 14.3. The molecule has 9 rings (SSSR count). The van der Waals surface area contributed by atoms with E-state index in [-0.39, 0.29) is 48.3 Å². The number of amides is 3. The molecule has 1 saturated heterocycles. The van der Waals surface area contributed by atoms with Crippen molar-refractivity contribution in [1.29, 1.82) is 0 Å². The van der Waals surface area contributed by atoms with Crippen molar-refractivity contribution in [3.05, 3.63) is 197 Å². The Hall–Kier alpha value is -7.19. The van der Waals surface area contributed by atoms with Crippen LogP contribution in [0.1, 0.15) is 62.4 Å². The van der Waals surface area contributed by atoms with Gasteiger partial charge in [0.2, 0.25) is 0 Å². The summed E-state index contributed by atoms with van der Waals surface area (Å²) < 4.78 is 14.8. The van der Waals surface area contributed by atoms with Crippen molar-refractivity contribution < 1.29 is 29.0 Å². The number of hydrogen-bond acceptors (Lipinski definition) is 8. The van der Waals surface area contributed by atoms with E-state index in [4.69, 9.17) is 9.47 Å². The monoisotopic (exact) mass is 910 g/mol. The Labute approximate surface area is 391 Å². The van der Waals surface area contributed by atoms with Gasteiger partial charge in [-0.3, -0.25) is 19.1 Å². The maximum Gasteiger partial charge on any atom is 0.264 e. The average Bonchev–Trinajstić information content (AvgIpc) is 4.02. The molecule has 0 radical (unpaired) electrons. The van der Waals surface area contributed by atoms with Gasteiger partial charge in [-0.15, -0.1) is 5.10 Å². The summed E-state index contributed by atoms with van der Waals surface area (Å²) in [5, 5.41) is 26.7. The van der Waals surface area contributed by atoms with Gasteiger partial charge in [0.25, 0.3) is 17.7 Å². The molecule has 3 heterocycles. The Kier molecular flexibility index (Phi) is 12.7. The van der Waals surface area contributed by atoms with Crippen LogP contribution in [0.4, 0.5) is 17.1 Å². The van der Waals surface area contributed by atoms with Crippen molar-refractivity contribution in [3.63, 3.8) is 0 Å². The van der Waals surface area contributed by atoms with Gasteiger partial charge in [-0.25, -0.2) is 0 Å². The summed E-state index contributed by atoms with van der Waals surface area (Å²) in [6.45, 7) is 7.37. The number of anilines is 3. The molecule has 5 atom stereocenters. The fourth-order valence-electron chi connectivity index (χ4n) is 10.2. The molecule has 0 bridgehead atoms. The molecular weight excluding hydrogens is 857 g/mol. The number of carbonyl (C=O) groups is 3. The first-order valence-electron chi connectivity index (χ1n) is 22.7. The summed E-state index contributed by atoms with van der Waals surface area (Å²) in [5.41, 5.74) is 4.51. The van der Waals surface area contributed by atoms with Crippen LogP contribution in [0.2, 0.25) is 18.6 Å². The van der Waals surface area contributed by atoms with Gasteiger partial charge < -0.3 is 30.1 Å². The molecule has 2 aliphatic heterocycles. The molecule has 1 aromatic heterocycles. The second kappa shape index (κ2) is 19.0. The summed E-state index contributed by atoms with van der Waals surface area (Å²) in [6, 6.07) is 49.3. The van der Waals surface area contributed by atoms with Gasteiger partial charge in [-0.2, -0.15) is 0 Å². The van der Waals surface area contributed by atoms with Crippen molar-refractivity contribution in [3.8, 4) is 5.75 Å². The molecule has 1 unspecified atom stereocenters. The summed E-state index contributed by atoms with van der Waals surface area (Å²) >= 11 is 0. The van der Waals surface area contributed by atoms with E-state index in [1.807, 2.05) is 128 Å². The Morgan fingerprint density at radius 1 is 0.806 bits per heavy atom. The van der Waals surface area contributed by atoms with E-state index in [9.17, 15) is 14.7 Å². The average molecular weight is 911 g/mol. The standard InChI is InChI=1S/C54H54N6O6Si/c1-36-50(67(3,4)44-26-24-43(65-2)25-27-44)49(29-30-59-34-47(57-58-59)45(35-61)38-16-8-5-9-17-38)66-54(36)46-32-42(56-52(63)40-20-12-7-13-21-40)23-28-48(46)60(53(54)64)33-37-15-14-22-41(31-37)55-51(62)39-18-10-6-11-19-39/h5-28,31-32,34,36,45,49-50,61H,29-30,33,35H2,1-4H3,(H,55,62)(H,56,63)/t36-,45?,49+,50-,54+/m1/s1. The van der Waals surface area contributed by atoms with E-state index in [0.717, 1.165) is 16.9 Å². The minimum atomic E-state index is -2.52. The number of nitrogens with one attached hydrogen (secondary N) is 2. The molecule has 12 nitrogen and oxygen atoms in total. The molecule has 0 aliphatic carbocycles. The zero-order valence-electron chi connectivity index (χ0n) is 38.0. The van der Waals surface area contributed by atoms with Crippen LogP contribution in [0.15, 0.2) is 164 Å². The number of carbonyl (C=O) groups excluding carboxylic acids is 3. The molecule has 340 valence electrons. The van der Waals surface area contributed by atoms with E-state index in [0.29, 0.717) is 52.4 Å². The topological polar surface area (TPSA) is 148 Å². The zero-order valence-corrected chi connectivity index (χ0v) is 39.0. The van der Waals surface area contributed by atoms with E-state index in [2.05, 4.69) is 53.1 Å². The molecule has 7 aromatic rings. The fraction of sp³-hybridized carbons (Fsp3) is 0.241. The van der Waals surface area contributed by atoms with Gasteiger partial charge in [-0.05, 0) is 89.8 Å². The van der Waals surface area contributed by atoms with E-state index < -0.39 is 19.8 Å². The van der Waals surface area contributed by atoms with Gasteiger partial charge in [-0.1, -0.05) is 121 Å². The summed E-state index contributed by atoms with van der Waals surface area (Å²) in [7, 11) is -0.867. The number of aromatic nitrogens is 3. The smallest absolute Gasteiger partial charge is 0.264 e. The number of aliphatic hydroxyl groups excluding tert-OH is 1. The van der Waals surface area contributed by atoms with Crippen LogP contribution in [0, 0.1) is 5.92 Å². The number of benzene rings is 6. The third-order valence-electron chi connectivity index (χ3n) is 13.6. The van der Waals surface area contributed by atoms with E-state index >= 15 is 4.79 Å². The number of aryl methyl sites for hydroxylation is 1. The SMILES string of the molecule is COc1ccc([Si](C)(C)[C@H]2[C@H](CCn3cc(C(CO)c4ccccc4)nn3)O[C@@]3(C(=O)N(Cc4cccc(NC(=O)c5ccccc5)c4)c4ccc(NC(=O)c5ccccc5)cc43)[C@@H]2C)cc1. The molecule has 3 amide bonds. The first-order chi connectivity index (χ1) is 32.5. The number of rotatable bonds is 15. The number of aliphatic hydroxyl groups is 1.